The number of benzene rings is 2. The zero-order valence-corrected chi connectivity index (χ0v) is 18.3. The Labute approximate surface area is 188 Å². The van der Waals surface area contributed by atoms with Gasteiger partial charge in [-0.2, -0.15) is 0 Å². The fourth-order valence-electron chi connectivity index (χ4n) is 3.27. The van der Waals surface area contributed by atoms with E-state index in [0.717, 1.165) is 18.4 Å². The molecule has 1 unspecified atom stereocenters. The molecule has 1 fully saturated rings. The minimum Gasteiger partial charge on any atom is -0.457 e. The summed E-state index contributed by atoms with van der Waals surface area (Å²) in [5, 5.41) is 15.5. The highest BCUT2D eigenvalue weighted by atomic mass is 35.5. The maximum absolute atomic E-state index is 11.5. The van der Waals surface area contributed by atoms with Crippen LogP contribution in [-0.4, -0.2) is 30.3 Å². The zero-order chi connectivity index (χ0) is 20.6. The van der Waals surface area contributed by atoms with E-state index in [2.05, 4.69) is 10.1 Å². The van der Waals surface area contributed by atoms with E-state index in [0.29, 0.717) is 26.3 Å². The molecule has 4 rings (SSSR count). The molecule has 0 spiro atoms. The number of aromatic amines is 1. The van der Waals surface area contributed by atoms with Gasteiger partial charge in [-0.1, -0.05) is 29.3 Å². The highest BCUT2D eigenvalue weighted by Gasteiger charge is 2.58. The molecule has 1 aliphatic carbocycles. The van der Waals surface area contributed by atoms with Gasteiger partial charge in [-0.25, -0.2) is 4.98 Å². The van der Waals surface area contributed by atoms with E-state index in [4.69, 9.17) is 51.8 Å². The van der Waals surface area contributed by atoms with Crippen LogP contribution in [0.5, 0.6) is 11.5 Å². The summed E-state index contributed by atoms with van der Waals surface area (Å²) in [6.45, 7) is 0.203. The summed E-state index contributed by atoms with van der Waals surface area (Å²) in [5.74, 6) is 1.24. The molecule has 152 valence electrons. The van der Waals surface area contributed by atoms with E-state index < -0.39 is 10.5 Å². The number of hydrogen-bond acceptors (Lipinski definition) is 4. The molecule has 9 heteroatoms. The number of aliphatic hydroxyl groups is 1. The molecule has 29 heavy (non-hydrogen) atoms. The molecule has 3 aromatic rings. The van der Waals surface area contributed by atoms with Crippen LogP contribution in [-0.2, 0) is 13.0 Å². The molecule has 1 atom stereocenters. The summed E-state index contributed by atoms with van der Waals surface area (Å²) in [4.78, 5) is 3.29. The van der Waals surface area contributed by atoms with Crippen molar-refractivity contribution in [3.8, 4) is 11.5 Å². The largest absolute Gasteiger partial charge is 0.457 e. The predicted octanol–water partition coefficient (Wildman–Crippen LogP) is 5.78. The molecule has 0 radical (unpaired) electrons. The summed E-state index contributed by atoms with van der Waals surface area (Å²) >= 11 is 24.3. The zero-order valence-electron chi connectivity index (χ0n) is 15.2. The van der Waals surface area contributed by atoms with E-state index in [-0.39, 0.29) is 13.0 Å². The number of alkyl halides is 1. The van der Waals surface area contributed by atoms with Crippen molar-refractivity contribution in [2.75, 3.05) is 0 Å². The molecule has 1 aliphatic rings. The number of aromatic nitrogens is 3. The molecular weight excluding hydrogens is 453 g/mol. The van der Waals surface area contributed by atoms with Crippen molar-refractivity contribution in [3.63, 3.8) is 0 Å². The highest BCUT2D eigenvalue weighted by molar-refractivity contribution is 7.71. The summed E-state index contributed by atoms with van der Waals surface area (Å²) < 4.78 is 7.79. The Kier molecular flexibility index (Phi) is 5.66. The van der Waals surface area contributed by atoms with Gasteiger partial charge in [-0.05, 0) is 67.0 Å². The fourth-order valence-corrected chi connectivity index (χ4v) is 4.03. The lowest BCUT2D eigenvalue weighted by Gasteiger charge is -2.33. The van der Waals surface area contributed by atoms with Crippen LogP contribution in [0.25, 0.3) is 0 Å². The molecule has 1 aromatic heterocycles. The average Bonchev–Trinajstić information content (AvgIpc) is 3.33. The summed E-state index contributed by atoms with van der Waals surface area (Å²) in [5.41, 5.74) is -0.461. The molecule has 2 N–H and O–H groups in total. The van der Waals surface area contributed by atoms with Gasteiger partial charge >= 0.3 is 0 Å². The molecule has 0 bridgehead atoms. The van der Waals surface area contributed by atoms with Crippen molar-refractivity contribution >= 4 is 47.0 Å². The third-order valence-corrected chi connectivity index (χ3v) is 6.78. The maximum Gasteiger partial charge on any atom is 0.215 e. The van der Waals surface area contributed by atoms with Crippen LogP contribution >= 0.6 is 47.0 Å². The Morgan fingerprint density at radius 1 is 1.17 bits per heavy atom. The predicted molar refractivity (Wildman–Crippen MR) is 117 cm³/mol. The van der Waals surface area contributed by atoms with Gasteiger partial charge in [-0.15, -0.1) is 11.6 Å². The van der Waals surface area contributed by atoms with Crippen LogP contribution in [0.1, 0.15) is 18.4 Å². The Bertz CT molecular complexity index is 1080. The van der Waals surface area contributed by atoms with E-state index in [9.17, 15) is 5.11 Å². The van der Waals surface area contributed by atoms with Crippen molar-refractivity contribution in [2.24, 2.45) is 0 Å². The monoisotopic (exact) mass is 469 g/mol. The van der Waals surface area contributed by atoms with Crippen LogP contribution in [0.3, 0.4) is 0 Å². The Hall–Kier alpha value is -1.57. The normalized spacial score (nSPS) is 17.0. The lowest BCUT2D eigenvalue weighted by Crippen LogP contribution is -2.47. The van der Waals surface area contributed by atoms with Crippen molar-refractivity contribution in [1.29, 1.82) is 0 Å². The fraction of sp³-hybridized carbons (Fsp3) is 0.300. The van der Waals surface area contributed by atoms with Crippen molar-refractivity contribution < 1.29 is 9.84 Å². The number of hydrogen-bond donors (Lipinski definition) is 2. The Morgan fingerprint density at radius 2 is 1.86 bits per heavy atom. The van der Waals surface area contributed by atoms with Crippen LogP contribution < -0.4 is 4.74 Å². The van der Waals surface area contributed by atoms with Crippen LogP contribution in [0, 0.1) is 4.77 Å². The number of halogens is 3. The Morgan fingerprint density at radius 3 is 2.45 bits per heavy atom. The third kappa shape index (κ3) is 4.47. The third-order valence-electron chi connectivity index (χ3n) is 5.12. The van der Waals surface area contributed by atoms with Gasteiger partial charge in [0.25, 0.3) is 0 Å². The molecule has 1 saturated carbocycles. The summed E-state index contributed by atoms with van der Waals surface area (Å²) in [6.07, 6.45) is 3.22. The van der Waals surface area contributed by atoms with Gasteiger partial charge in [-0.3, -0.25) is 9.78 Å². The van der Waals surface area contributed by atoms with Gasteiger partial charge in [0, 0.05) is 16.5 Å². The van der Waals surface area contributed by atoms with Gasteiger partial charge in [0.05, 0.1) is 11.4 Å². The number of H-pyrrole nitrogens is 1. The first kappa shape index (κ1) is 20.7. The molecule has 1 heterocycles. The first-order valence-electron chi connectivity index (χ1n) is 9.01. The van der Waals surface area contributed by atoms with Crippen LogP contribution in [0.4, 0.5) is 0 Å². The second-order valence-corrected chi connectivity index (χ2v) is 9.17. The summed E-state index contributed by atoms with van der Waals surface area (Å²) in [7, 11) is 0. The number of nitrogens with one attached hydrogen (secondary N) is 1. The van der Waals surface area contributed by atoms with E-state index in [1.807, 2.05) is 12.1 Å². The molecule has 2 aromatic carbocycles. The van der Waals surface area contributed by atoms with Gasteiger partial charge in [0.15, 0.2) is 0 Å². The van der Waals surface area contributed by atoms with Crippen LogP contribution in [0.2, 0.25) is 10.0 Å². The number of ether oxygens (including phenoxy) is 1. The number of rotatable bonds is 7. The van der Waals surface area contributed by atoms with Gasteiger partial charge in [0.1, 0.15) is 23.4 Å². The van der Waals surface area contributed by atoms with E-state index in [1.54, 1.807) is 35.0 Å². The van der Waals surface area contributed by atoms with E-state index >= 15 is 0 Å². The smallest absolute Gasteiger partial charge is 0.215 e. The first-order chi connectivity index (χ1) is 13.8. The molecule has 0 aliphatic heterocycles. The standard InChI is InChI=1S/C20H18Cl3N3O2S/c21-14-2-5-15(6-3-14)28-16-4-1-13(17(22)9-16)10-20(27,19(23)7-8-19)11-26-18(29)24-12-25-26/h1-6,9,12,27H,7-8,10-11H2,(H,24,25,29). The number of nitrogens with zero attached hydrogens (tertiary/aromatic N) is 2. The Balaban J connectivity index is 1.56. The molecule has 0 amide bonds. The molecule has 5 nitrogen and oxygen atoms in total. The topological polar surface area (TPSA) is 63.1 Å². The highest BCUT2D eigenvalue weighted by Crippen LogP contribution is 2.53. The SMILES string of the molecule is OC(Cc1ccc(Oc2ccc(Cl)cc2)cc1Cl)(Cn1[nH]cnc1=S)C1(Cl)CC1. The molecular formula is C20H18Cl3N3O2S. The lowest BCUT2D eigenvalue weighted by molar-refractivity contribution is 0.00727. The van der Waals surface area contributed by atoms with Gasteiger partial charge < -0.3 is 9.84 Å². The minimum absolute atomic E-state index is 0.203. The maximum atomic E-state index is 11.5. The minimum atomic E-state index is -1.23. The molecule has 0 saturated heterocycles. The second kappa shape index (κ2) is 7.93. The van der Waals surface area contributed by atoms with Crippen molar-refractivity contribution in [2.45, 2.75) is 36.3 Å². The van der Waals surface area contributed by atoms with Gasteiger partial charge in [0.2, 0.25) is 4.77 Å². The quantitative estimate of drug-likeness (QED) is 0.339. The first-order valence-corrected chi connectivity index (χ1v) is 10.6. The van der Waals surface area contributed by atoms with Crippen molar-refractivity contribution in [3.05, 3.63) is 69.2 Å². The van der Waals surface area contributed by atoms with Crippen molar-refractivity contribution in [1.82, 2.24) is 14.8 Å². The second-order valence-electron chi connectivity index (χ2n) is 7.24. The lowest BCUT2D eigenvalue weighted by atomic mass is 9.89. The average molecular weight is 471 g/mol. The van der Waals surface area contributed by atoms with E-state index in [1.165, 1.54) is 6.33 Å². The van der Waals surface area contributed by atoms with Crippen LogP contribution in [0.15, 0.2) is 48.8 Å². The summed E-state index contributed by atoms with van der Waals surface area (Å²) in [6, 6.07) is 12.4.